The SMILES string of the molecule is O=C(OCC1OC(n2cc(F)c(=O)[nH]c2=O)CC1=S)c1ccccc1. The molecule has 2 heterocycles. The van der Waals surface area contributed by atoms with E-state index in [1.807, 2.05) is 4.98 Å². The molecule has 130 valence electrons. The van der Waals surface area contributed by atoms with Crippen LogP contribution in [0.15, 0.2) is 46.1 Å². The summed E-state index contributed by atoms with van der Waals surface area (Å²) < 4.78 is 25.1. The topological polar surface area (TPSA) is 90.4 Å². The minimum atomic E-state index is -1.10. The number of rotatable bonds is 4. The Balaban J connectivity index is 1.67. The number of aromatic amines is 1. The van der Waals surface area contributed by atoms with Crippen LogP contribution in [0.2, 0.25) is 0 Å². The highest BCUT2D eigenvalue weighted by molar-refractivity contribution is 7.80. The molecule has 2 unspecified atom stereocenters. The number of ether oxygens (including phenoxy) is 2. The summed E-state index contributed by atoms with van der Waals surface area (Å²) in [7, 11) is 0. The van der Waals surface area contributed by atoms with Crippen LogP contribution in [-0.2, 0) is 9.47 Å². The molecule has 7 nitrogen and oxygen atoms in total. The second-order valence-electron chi connectivity index (χ2n) is 5.36. The maximum Gasteiger partial charge on any atom is 0.338 e. The van der Waals surface area contributed by atoms with E-state index in [9.17, 15) is 18.8 Å². The van der Waals surface area contributed by atoms with Crippen LogP contribution >= 0.6 is 12.2 Å². The lowest BCUT2D eigenvalue weighted by atomic mass is 10.2. The van der Waals surface area contributed by atoms with Gasteiger partial charge in [-0.1, -0.05) is 30.4 Å². The standard InChI is InChI=1S/C16H13FN2O5S/c17-10-7-19(16(22)18-14(10)20)13-6-12(25)11(24-13)8-23-15(21)9-4-2-1-3-5-9/h1-5,7,11,13H,6,8H2,(H,18,20,22). The Morgan fingerprint density at radius 3 is 2.80 bits per heavy atom. The first kappa shape index (κ1) is 17.2. The van der Waals surface area contributed by atoms with E-state index in [-0.39, 0.29) is 13.0 Å². The summed E-state index contributed by atoms with van der Waals surface area (Å²) in [6.07, 6.45) is -0.637. The number of hydrogen-bond donors (Lipinski definition) is 1. The van der Waals surface area contributed by atoms with Crippen molar-refractivity contribution in [3.05, 3.63) is 68.7 Å². The number of benzene rings is 1. The van der Waals surface area contributed by atoms with Crippen molar-refractivity contribution in [2.45, 2.75) is 18.8 Å². The van der Waals surface area contributed by atoms with E-state index in [1.165, 1.54) is 0 Å². The second kappa shape index (κ2) is 7.08. The quantitative estimate of drug-likeness (QED) is 0.647. The van der Waals surface area contributed by atoms with Gasteiger partial charge in [0.1, 0.15) is 18.9 Å². The smallest absolute Gasteiger partial charge is 0.338 e. The third-order valence-corrected chi connectivity index (χ3v) is 4.10. The van der Waals surface area contributed by atoms with Crippen molar-refractivity contribution in [3.63, 3.8) is 0 Å². The summed E-state index contributed by atoms with van der Waals surface area (Å²) in [6, 6.07) is 8.42. The highest BCUT2D eigenvalue weighted by Crippen LogP contribution is 2.25. The lowest BCUT2D eigenvalue weighted by Gasteiger charge is -2.15. The molecule has 0 radical (unpaired) electrons. The monoisotopic (exact) mass is 364 g/mol. The first-order valence-electron chi connectivity index (χ1n) is 7.37. The molecule has 0 aliphatic carbocycles. The van der Waals surface area contributed by atoms with Gasteiger partial charge in [-0.05, 0) is 12.1 Å². The third-order valence-electron chi connectivity index (χ3n) is 3.67. The molecule has 3 rings (SSSR count). The Hall–Kier alpha value is -2.65. The van der Waals surface area contributed by atoms with Gasteiger partial charge in [-0.3, -0.25) is 14.3 Å². The van der Waals surface area contributed by atoms with Crippen LogP contribution in [0, 0.1) is 5.82 Å². The molecule has 1 fully saturated rings. The highest BCUT2D eigenvalue weighted by atomic mass is 32.1. The van der Waals surface area contributed by atoms with Gasteiger partial charge >= 0.3 is 11.7 Å². The highest BCUT2D eigenvalue weighted by Gasteiger charge is 2.33. The molecule has 1 N–H and O–H groups in total. The van der Waals surface area contributed by atoms with E-state index in [0.29, 0.717) is 10.4 Å². The van der Waals surface area contributed by atoms with Crippen molar-refractivity contribution in [2.24, 2.45) is 0 Å². The number of H-pyrrole nitrogens is 1. The number of carbonyl (C=O) groups is 1. The molecular weight excluding hydrogens is 351 g/mol. The number of hydrogen-bond acceptors (Lipinski definition) is 6. The lowest BCUT2D eigenvalue weighted by Crippen LogP contribution is -2.34. The molecule has 1 aliphatic heterocycles. The Morgan fingerprint density at radius 1 is 1.36 bits per heavy atom. The van der Waals surface area contributed by atoms with Gasteiger partial charge in [-0.25, -0.2) is 9.59 Å². The predicted molar refractivity (Wildman–Crippen MR) is 89.1 cm³/mol. The molecule has 25 heavy (non-hydrogen) atoms. The summed E-state index contributed by atoms with van der Waals surface area (Å²) in [5.41, 5.74) is -1.52. The third kappa shape index (κ3) is 3.72. The second-order valence-corrected chi connectivity index (χ2v) is 5.88. The number of nitrogens with one attached hydrogen (secondary N) is 1. The van der Waals surface area contributed by atoms with Gasteiger partial charge in [0.2, 0.25) is 5.82 Å². The molecule has 9 heteroatoms. The molecule has 1 aromatic carbocycles. The van der Waals surface area contributed by atoms with Crippen molar-refractivity contribution in [1.82, 2.24) is 9.55 Å². The summed E-state index contributed by atoms with van der Waals surface area (Å²) in [4.78, 5) is 37.1. The molecule has 1 aromatic heterocycles. The van der Waals surface area contributed by atoms with E-state index >= 15 is 0 Å². The molecule has 1 aliphatic rings. The Kier molecular flexibility index (Phi) is 4.86. The molecule has 0 saturated carbocycles. The Morgan fingerprint density at radius 2 is 2.08 bits per heavy atom. The Bertz CT molecular complexity index is 924. The first-order valence-corrected chi connectivity index (χ1v) is 7.78. The predicted octanol–water partition coefficient (Wildman–Crippen LogP) is 1.19. The fourth-order valence-electron chi connectivity index (χ4n) is 2.40. The van der Waals surface area contributed by atoms with Crippen LogP contribution in [0.1, 0.15) is 23.0 Å². The van der Waals surface area contributed by atoms with Gasteiger partial charge in [-0.2, -0.15) is 4.39 Å². The molecular formula is C16H13FN2O5S. The number of carbonyl (C=O) groups excluding carboxylic acids is 1. The largest absolute Gasteiger partial charge is 0.459 e. The fourth-order valence-corrected chi connectivity index (χ4v) is 2.66. The van der Waals surface area contributed by atoms with Crippen molar-refractivity contribution in [3.8, 4) is 0 Å². The lowest BCUT2D eigenvalue weighted by molar-refractivity contribution is -0.0250. The van der Waals surface area contributed by atoms with E-state index < -0.39 is 35.4 Å². The zero-order chi connectivity index (χ0) is 18.0. The molecule has 2 atom stereocenters. The van der Waals surface area contributed by atoms with Crippen molar-refractivity contribution in [1.29, 1.82) is 0 Å². The van der Waals surface area contributed by atoms with Crippen molar-refractivity contribution >= 4 is 23.1 Å². The average Bonchev–Trinajstić information content (AvgIpc) is 2.97. The number of halogens is 1. The molecule has 0 amide bonds. The van der Waals surface area contributed by atoms with Crippen LogP contribution < -0.4 is 11.2 Å². The summed E-state index contributed by atoms with van der Waals surface area (Å²) in [5, 5.41) is 0. The van der Waals surface area contributed by atoms with Crippen molar-refractivity contribution in [2.75, 3.05) is 6.61 Å². The van der Waals surface area contributed by atoms with Crippen LogP contribution in [0.5, 0.6) is 0 Å². The van der Waals surface area contributed by atoms with Gasteiger partial charge < -0.3 is 9.47 Å². The van der Waals surface area contributed by atoms with Crippen LogP contribution in [0.25, 0.3) is 0 Å². The minimum Gasteiger partial charge on any atom is -0.459 e. The van der Waals surface area contributed by atoms with Gasteiger partial charge in [0.25, 0.3) is 5.56 Å². The van der Waals surface area contributed by atoms with E-state index in [1.54, 1.807) is 30.3 Å². The van der Waals surface area contributed by atoms with Crippen LogP contribution in [0.3, 0.4) is 0 Å². The van der Waals surface area contributed by atoms with Gasteiger partial charge in [0.05, 0.1) is 11.8 Å². The zero-order valence-corrected chi connectivity index (χ0v) is 13.6. The summed E-state index contributed by atoms with van der Waals surface area (Å²) in [6.45, 7) is -0.121. The zero-order valence-electron chi connectivity index (χ0n) is 12.8. The van der Waals surface area contributed by atoms with E-state index in [4.69, 9.17) is 21.7 Å². The normalized spacial score (nSPS) is 19.8. The minimum absolute atomic E-state index is 0.121. The van der Waals surface area contributed by atoms with Gasteiger partial charge in [0.15, 0.2) is 0 Å². The average molecular weight is 364 g/mol. The summed E-state index contributed by atoms with van der Waals surface area (Å²) >= 11 is 5.19. The molecule has 0 spiro atoms. The van der Waals surface area contributed by atoms with Gasteiger partial charge in [-0.15, -0.1) is 0 Å². The van der Waals surface area contributed by atoms with Crippen LogP contribution in [0.4, 0.5) is 4.39 Å². The first-order chi connectivity index (χ1) is 12.0. The van der Waals surface area contributed by atoms with Crippen molar-refractivity contribution < 1.29 is 18.7 Å². The van der Waals surface area contributed by atoms with E-state index in [2.05, 4.69) is 0 Å². The summed E-state index contributed by atoms with van der Waals surface area (Å²) in [5.74, 6) is -1.63. The van der Waals surface area contributed by atoms with E-state index in [0.717, 1.165) is 10.8 Å². The number of nitrogens with zero attached hydrogens (tertiary/aromatic N) is 1. The number of esters is 1. The fraction of sp³-hybridized carbons (Fsp3) is 0.250. The molecule has 1 saturated heterocycles. The molecule has 0 bridgehead atoms. The number of thiocarbonyl (C=S) groups is 1. The number of aromatic nitrogens is 2. The van der Waals surface area contributed by atoms with Crippen LogP contribution in [-0.4, -0.2) is 33.1 Å². The maximum atomic E-state index is 13.4. The maximum absolute atomic E-state index is 13.4. The Labute approximate surface area is 146 Å². The molecule has 2 aromatic rings. The van der Waals surface area contributed by atoms with Gasteiger partial charge in [0, 0.05) is 11.3 Å².